The molecule has 3 aromatic heterocycles. The summed E-state index contributed by atoms with van der Waals surface area (Å²) in [4.78, 5) is 20.1. The molecule has 12 rings (SSSR count). The van der Waals surface area contributed by atoms with Gasteiger partial charge in [0, 0.05) is 63.1 Å². The molecule has 11 aromatic rings. The SMILES string of the molecule is c1ccc(-c2nc(-c3ccc4c(c3)oc3cc(-c5ccc6c(c5)N(c5ccccc5)c5ccccc5S6)ccc34)nc(-c3cccc4c3sc3ccccc34)n2)cc1. The summed E-state index contributed by atoms with van der Waals surface area (Å²) in [6, 6.07) is 63.8. The second-order valence-corrected chi connectivity index (χ2v) is 16.5. The Balaban J connectivity index is 0.956. The first-order chi connectivity index (χ1) is 28.7. The molecule has 0 amide bonds. The molecule has 0 saturated heterocycles. The Morgan fingerprint density at radius 1 is 0.414 bits per heavy atom. The summed E-state index contributed by atoms with van der Waals surface area (Å²) < 4.78 is 9.07. The minimum absolute atomic E-state index is 0.599. The van der Waals surface area contributed by atoms with Crippen molar-refractivity contribution in [1.29, 1.82) is 0 Å². The van der Waals surface area contributed by atoms with Crippen LogP contribution in [0.2, 0.25) is 0 Å². The number of aromatic nitrogens is 3. The number of hydrogen-bond donors (Lipinski definition) is 0. The van der Waals surface area contributed by atoms with Gasteiger partial charge in [0.15, 0.2) is 17.5 Å². The van der Waals surface area contributed by atoms with E-state index in [0.29, 0.717) is 17.5 Å². The zero-order valence-electron chi connectivity index (χ0n) is 30.8. The van der Waals surface area contributed by atoms with E-state index in [0.717, 1.165) is 61.1 Å². The van der Waals surface area contributed by atoms with Gasteiger partial charge >= 0.3 is 0 Å². The highest BCUT2D eigenvalue weighted by Crippen LogP contribution is 2.52. The molecule has 7 heteroatoms. The summed E-state index contributed by atoms with van der Waals surface area (Å²) in [5, 5.41) is 4.56. The molecule has 4 heterocycles. The second-order valence-electron chi connectivity index (χ2n) is 14.4. The predicted molar refractivity (Wildman–Crippen MR) is 241 cm³/mol. The molecule has 5 nitrogen and oxygen atoms in total. The second kappa shape index (κ2) is 13.3. The number of furan rings is 1. The maximum atomic E-state index is 6.66. The number of nitrogens with zero attached hydrogens (tertiary/aromatic N) is 4. The van der Waals surface area contributed by atoms with E-state index in [2.05, 4.69) is 157 Å². The average Bonchev–Trinajstić information content (AvgIpc) is 3.86. The van der Waals surface area contributed by atoms with Crippen molar-refractivity contribution in [2.75, 3.05) is 4.90 Å². The summed E-state index contributed by atoms with van der Waals surface area (Å²) in [6.07, 6.45) is 0. The van der Waals surface area contributed by atoms with Crippen LogP contribution >= 0.6 is 23.1 Å². The van der Waals surface area contributed by atoms with E-state index >= 15 is 0 Å². The average molecular weight is 779 g/mol. The van der Waals surface area contributed by atoms with Crippen molar-refractivity contribution in [3.05, 3.63) is 182 Å². The Hall–Kier alpha value is -7.06. The lowest BCUT2D eigenvalue weighted by Gasteiger charge is -2.33. The number of thiophene rings is 1. The first-order valence-electron chi connectivity index (χ1n) is 19.2. The minimum Gasteiger partial charge on any atom is -0.456 e. The number of fused-ring (bicyclic) bond motifs is 8. The molecule has 0 fully saturated rings. The van der Waals surface area contributed by atoms with E-state index in [4.69, 9.17) is 19.4 Å². The normalized spacial score (nSPS) is 12.4. The molecule has 0 unspecified atom stereocenters. The molecule has 8 aromatic carbocycles. The third kappa shape index (κ3) is 5.43. The van der Waals surface area contributed by atoms with Crippen molar-refractivity contribution in [3.63, 3.8) is 0 Å². The summed E-state index contributed by atoms with van der Waals surface area (Å²) >= 11 is 3.59. The minimum atomic E-state index is 0.599. The van der Waals surface area contributed by atoms with Crippen LogP contribution in [0, 0.1) is 0 Å². The maximum Gasteiger partial charge on any atom is 0.165 e. The van der Waals surface area contributed by atoms with E-state index in [1.165, 1.54) is 35.7 Å². The van der Waals surface area contributed by atoms with Crippen LogP contribution in [0.15, 0.2) is 196 Å². The van der Waals surface area contributed by atoms with Crippen LogP contribution in [-0.2, 0) is 0 Å². The predicted octanol–water partition coefficient (Wildman–Crippen LogP) is 14.7. The third-order valence-corrected chi connectivity index (χ3v) is 13.3. The monoisotopic (exact) mass is 778 g/mol. The summed E-state index contributed by atoms with van der Waals surface area (Å²) in [6.45, 7) is 0. The fourth-order valence-electron chi connectivity index (χ4n) is 8.15. The molecule has 0 bridgehead atoms. The van der Waals surface area contributed by atoms with Crippen molar-refractivity contribution in [2.24, 2.45) is 0 Å². The lowest BCUT2D eigenvalue weighted by molar-refractivity contribution is 0.669. The van der Waals surface area contributed by atoms with Crippen LogP contribution in [0.5, 0.6) is 0 Å². The van der Waals surface area contributed by atoms with Crippen molar-refractivity contribution in [3.8, 4) is 45.3 Å². The van der Waals surface area contributed by atoms with E-state index in [1.807, 2.05) is 42.1 Å². The topological polar surface area (TPSA) is 55.1 Å². The molecule has 1 aliphatic rings. The Labute approximate surface area is 341 Å². The Kier molecular flexibility index (Phi) is 7.58. The van der Waals surface area contributed by atoms with Crippen LogP contribution in [0.4, 0.5) is 17.1 Å². The third-order valence-electron chi connectivity index (χ3n) is 10.9. The zero-order chi connectivity index (χ0) is 38.2. The molecule has 0 N–H and O–H groups in total. The van der Waals surface area contributed by atoms with Gasteiger partial charge in [0.2, 0.25) is 0 Å². The van der Waals surface area contributed by atoms with Crippen LogP contribution < -0.4 is 4.90 Å². The van der Waals surface area contributed by atoms with Crippen LogP contribution in [0.25, 0.3) is 87.4 Å². The smallest absolute Gasteiger partial charge is 0.165 e. The molecular formula is C51H30N4OS2. The molecular weight excluding hydrogens is 749 g/mol. The number of benzene rings is 8. The van der Waals surface area contributed by atoms with Crippen molar-refractivity contribution in [2.45, 2.75) is 9.79 Å². The van der Waals surface area contributed by atoms with E-state index in [-0.39, 0.29) is 0 Å². The highest BCUT2D eigenvalue weighted by Gasteiger charge is 2.25. The molecule has 0 aliphatic carbocycles. The maximum absolute atomic E-state index is 6.66. The van der Waals surface area contributed by atoms with Crippen molar-refractivity contribution >= 4 is 82.3 Å². The fraction of sp³-hybridized carbons (Fsp3) is 0. The van der Waals surface area contributed by atoms with Gasteiger partial charge in [-0.15, -0.1) is 11.3 Å². The van der Waals surface area contributed by atoms with E-state index < -0.39 is 0 Å². The lowest BCUT2D eigenvalue weighted by atomic mass is 10.0. The van der Waals surface area contributed by atoms with Gasteiger partial charge in [-0.25, -0.2) is 15.0 Å². The van der Waals surface area contributed by atoms with E-state index in [9.17, 15) is 0 Å². The highest BCUT2D eigenvalue weighted by atomic mass is 32.2. The van der Waals surface area contributed by atoms with Gasteiger partial charge in [-0.1, -0.05) is 121 Å². The largest absolute Gasteiger partial charge is 0.456 e. The molecule has 0 spiro atoms. The van der Waals surface area contributed by atoms with Crippen molar-refractivity contribution < 1.29 is 4.42 Å². The van der Waals surface area contributed by atoms with Gasteiger partial charge in [-0.2, -0.15) is 0 Å². The van der Waals surface area contributed by atoms with Gasteiger partial charge in [0.25, 0.3) is 0 Å². The van der Waals surface area contributed by atoms with E-state index in [1.54, 1.807) is 11.3 Å². The van der Waals surface area contributed by atoms with Crippen LogP contribution in [0.3, 0.4) is 0 Å². The molecule has 0 saturated carbocycles. The Bertz CT molecular complexity index is 3390. The van der Waals surface area contributed by atoms with Gasteiger partial charge in [0.05, 0.1) is 11.4 Å². The van der Waals surface area contributed by atoms with Gasteiger partial charge in [-0.05, 0) is 83.9 Å². The van der Waals surface area contributed by atoms with Crippen LogP contribution in [-0.4, -0.2) is 15.0 Å². The Morgan fingerprint density at radius 2 is 1.03 bits per heavy atom. The highest BCUT2D eigenvalue weighted by molar-refractivity contribution is 7.99. The molecule has 0 atom stereocenters. The first kappa shape index (κ1) is 33.1. The lowest BCUT2D eigenvalue weighted by Crippen LogP contribution is -2.14. The molecule has 1 aliphatic heterocycles. The summed E-state index contributed by atoms with van der Waals surface area (Å²) in [7, 11) is 0. The number of rotatable bonds is 5. The van der Waals surface area contributed by atoms with Crippen molar-refractivity contribution in [1.82, 2.24) is 15.0 Å². The Morgan fingerprint density at radius 3 is 1.88 bits per heavy atom. The fourth-order valence-corrected chi connectivity index (χ4v) is 10.4. The number of para-hydroxylation sites is 2. The molecule has 58 heavy (non-hydrogen) atoms. The van der Waals surface area contributed by atoms with Gasteiger partial charge < -0.3 is 9.32 Å². The molecule has 0 radical (unpaired) electrons. The van der Waals surface area contributed by atoms with Gasteiger partial charge in [0.1, 0.15) is 11.2 Å². The zero-order valence-corrected chi connectivity index (χ0v) is 32.5. The van der Waals surface area contributed by atoms with Gasteiger partial charge in [-0.3, -0.25) is 0 Å². The van der Waals surface area contributed by atoms with Crippen LogP contribution in [0.1, 0.15) is 0 Å². The molecule has 272 valence electrons. The quantitative estimate of drug-likeness (QED) is 0.173. The number of anilines is 3. The summed E-state index contributed by atoms with van der Waals surface area (Å²) in [5.41, 5.74) is 10.1. The standard InChI is InChI=1S/C51H30N4OS2/c1-3-12-31(13-4-1)49-52-50(54-51(53-49)40-18-11-17-39-38-16-7-9-20-45(38)58-48(39)40)34-23-26-37-36-25-22-33(29-43(36)56-44(37)30-34)32-24-27-47-42(28-32)55(35-14-5-2-6-15-35)41-19-8-10-21-46(41)57-47/h1-30H. The number of hydrogen-bond acceptors (Lipinski definition) is 7. The first-order valence-corrected chi connectivity index (χ1v) is 20.8. The summed E-state index contributed by atoms with van der Waals surface area (Å²) in [5.74, 6) is 1.88.